The average molecular weight is 291 g/mol. The van der Waals surface area contributed by atoms with Gasteiger partial charge in [0.05, 0.1) is 0 Å². The topological polar surface area (TPSA) is 55.1 Å². The summed E-state index contributed by atoms with van der Waals surface area (Å²) >= 11 is 0. The van der Waals surface area contributed by atoms with E-state index in [0.717, 1.165) is 18.5 Å². The van der Waals surface area contributed by atoms with E-state index in [9.17, 15) is 4.79 Å². The van der Waals surface area contributed by atoms with Crippen LogP contribution in [-0.4, -0.2) is 19.0 Å². The Morgan fingerprint density at radius 2 is 1.90 bits per heavy atom. The molecule has 20 heavy (non-hydrogen) atoms. The number of nitrogens with two attached hydrogens (primary N) is 1. The zero-order chi connectivity index (χ0) is 13.2. The molecule has 2 aromatic rings. The van der Waals surface area contributed by atoms with Crippen LogP contribution in [0.3, 0.4) is 0 Å². The second-order valence-corrected chi connectivity index (χ2v) is 5.17. The molecule has 106 valence electrons. The number of benzene rings is 2. The summed E-state index contributed by atoms with van der Waals surface area (Å²) in [6, 6.07) is 12.1. The van der Waals surface area contributed by atoms with Crippen molar-refractivity contribution in [1.29, 1.82) is 0 Å². The van der Waals surface area contributed by atoms with E-state index in [2.05, 4.69) is 17.4 Å². The van der Waals surface area contributed by atoms with Crippen LogP contribution in [0.4, 0.5) is 0 Å². The van der Waals surface area contributed by atoms with Crippen LogP contribution < -0.4 is 11.1 Å². The average Bonchev–Trinajstić information content (AvgIpc) is 2.47. The van der Waals surface area contributed by atoms with Gasteiger partial charge in [-0.15, -0.1) is 12.4 Å². The first-order valence-corrected chi connectivity index (χ1v) is 6.79. The fourth-order valence-electron chi connectivity index (χ4n) is 2.95. The lowest BCUT2D eigenvalue weighted by Crippen LogP contribution is -2.26. The standard InChI is InChI=1S/C16H18N2O.ClH/c17-16(19)13-4-5-15-12(10-13)2-1-3-14(15)11-6-8-18-9-7-11;/h1-5,10-11,18H,6-9H2,(H2,17,19);1H. The van der Waals surface area contributed by atoms with Crippen LogP contribution >= 0.6 is 12.4 Å². The van der Waals surface area contributed by atoms with Gasteiger partial charge in [0.15, 0.2) is 0 Å². The second-order valence-electron chi connectivity index (χ2n) is 5.17. The molecule has 2 aromatic carbocycles. The minimum atomic E-state index is -0.367. The first-order chi connectivity index (χ1) is 9.25. The van der Waals surface area contributed by atoms with Crippen LogP contribution in [0.5, 0.6) is 0 Å². The lowest BCUT2D eigenvalue weighted by atomic mass is 9.86. The lowest BCUT2D eigenvalue weighted by molar-refractivity contribution is 0.100. The largest absolute Gasteiger partial charge is 0.366 e. The van der Waals surface area contributed by atoms with Gasteiger partial charge in [-0.2, -0.15) is 0 Å². The molecule has 3 nitrogen and oxygen atoms in total. The summed E-state index contributed by atoms with van der Waals surface area (Å²) in [5.74, 6) is 0.249. The van der Waals surface area contributed by atoms with E-state index in [1.807, 2.05) is 24.3 Å². The Labute approximate surface area is 125 Å². The molecular formula is C16H19ClN2O. The summed E-state index contributed by atoms with van der Waals surface area (Å²) < 4.78 is 0. The molecule has 1 aliphatic rings. The summed E-state index contributed by atoms with van der Waals surface area (Å²) in [7, 11) is 0. The number of rotatable bonds is 2. The Kier molecular flexibility index (Phi) is 4.63. The van der Waals surface area contributed by atoms with Crippen molar-refractivity contribution >= 4 is 29.1 Å². The van der Waals surface area contributed by atoms with Gasteiger partial charge in [-0.05, 0) is 60.3 Å². The van der Waals surface area contributed by atoms with Crippen LogP contribution in [0.1, 0.15) is 34.7 Å². The zero-order valence-electron chi connectivity index (χ0n) is 11.3. The lowest BCUT2D eigenvalue weighted by Gasteiger charge is -2.24. The molecule has 0 aromatic heterocycles. The maximum Gasteiger partial charge on any atom is 0.248 e. The zero-order valence-corrected chi connectivity index (χ0v) is 12.1. The monoisotopic (exact) mass is 290 g/mol. The first-order valence-electron chi connectivity index (χ1n) is 6.79. The van der Waals surface area contributed by atoms with Crippen molar-refractivity contribution in [3.05, 3.63) is 47.5 Å². The number of halogens is 1. The smallest absolute Gasteiger partial charge is 0.248 e. The molecule has 0 atom stereocenters. The van der Waals surface area contributed by atoms with E-state index in [4.69, 9.17) is 5.73 Å². The summed E-state index contributed by atoms with van der Waals surface area (Å²) in [6.45, 7) is 2.17. The third-order valence-corrected chi connectivity index (χ3v) is 3.98. The number of carbonyl (C=O) groups is 1. The van der Waals surface area contributed by atoms with E-state index >= 15 is 0 Å². The summed E-state index contributed by atoms with van der Waals surface area (Å²) in [6.07, 6.45) is 2.35. The van der Waals surface area contributed by atoms with Gasteiger partial charge in [0.2, 0.25) is 5.91 Å². The Bertz CT molecular complexity index is 621. The molecule has 3 rings (SSSR count). The normalized spacial score (nSPS) is 15.8. The minimum Gasteiger partial charge on any atom is -0.366 e. The van der Waals surface area contributed by atoms with Gasteiger partial charge in [0, 0.05) is 5.56 Å². The molecule has 1 saturated heterocycles. The first kappa shape index (κ1) is 14.8. The van der Waals surface area contributed by atoms with E-state index in [0.29, 0.717) is 11.5 Å². The fraction of sp³-hybridized carbons (Fsp3) is 0.312. The molecule has 0 saturated carbocycles. The summed E-state index contributed by atoms with van der Waals surface area (Å²) in [5, 5.41) is 5.75. The molecule has 0 unspecified atom stereocenters. The van der Waals surface area contributed by atoms with Crippen molar-refractivity contribution in [3.63, 3.8) is 0 Å². The molecule has 0 aliphatic carbocycles. The summed E-state index contributed by atoms with van der Waals surface area (Å²) in [4.78, 5) is 11.2. The predicted molar refractivity (Wildman–Crippen MR) is 84.6 cm³/mol. The van der Waals surface area contributed by atoms with Crippen molar-refractivity contribution in [2.75, 3.05) is 13.1 Å². The Morgan fingerprint density at radius 1 is 1.15 bits per heavy atom. The molecule has 1 fully saturated rings. The highest BCUT2D eigenvalue weighted by atomic mass is 35.5. The molecular weight excluding hydrogens is 272 g/mol. The van der Waals surface area contributed by atoms with E-state index < -0.39 is 0 Å². The number of amides is 1. The van der Waals surface area contributed by atoms with Crippen molar-refractivity contribution in [2.24, 2.45) is 5.73 Å². The molecule has 3 N–H and O–H groups in total. The van der Waals surface area contributed by atoms with Gasteiger partial charge in [0.1, 0.15) is 0 Å². The molecule has 4 heteroatoms. The van der Waals surface area contributed by atoms with Crippen molar-refractivity contribution in [2.45, 2.75) is 18.8 Å². The summed E-state index contributed by atoms with van der Waals surface area (Å²) in [5.41, 5.74) is 7.32. The number of hydrogen-bond acceptors (Lipinski definition) is 2. The third kappa shape index (κ3) is 2.79. The van der Waals surface area contributed by atoms with Gasteiger partial charge in [-0.3, -0.25) is 4.79 Å². The van der Waals surface area contributed by atoms with Crippen LogP contribution in [-0.2, 0) is 0 Å². The quantitative estimate of drug-likeness (QED) is 0.893. The van der Waals surface area contributed by atoms with Gasteiger partial charge in [0.25, 0.3) is 0 Å². The molecule has 0 spiro atoms. The fourth-order valence-corrected chi connectivity index (χ4v) is 2.95. The van der Waals surface area contributed by atoms with E-state index in [1.165, 1.54) is 23.8 Å². The number of nitrogens with one attached hydrogen (secondary N) is 1. The van der Waals surface area contributed by atoms with Crippen molar-refractivity contribution < 1.29 is 4.79 Å². The minimum absolute atomic E-state index is 0. The van der Waals surface area contributed by atoms with Crippen LogP contribution in [0, 0.1) is 0 Å². The number of piperidine rings is 1. The van der Waals surface area contributed by atoms with Gasteiger partial charge in [-0.25, -0.2) is 0 Å². The SMILES string of the molecule is Cl.NC(=O)c1ccc2c(C3CCNCC3)cccc2c1. The number of carbonyl (C=O) groups excluding carboxylic acids is 1. The van der Waals surface area contributed by atoms with Crippen molar-refractivity contribution in [1.82, 2.24) is 5.32 Å². The Balaban J connectivity index is 0.00000147. The highest BCUT2D eigenvalue weighted by Gasteiger charge is 2.17. The van der Waals surface area contributed by atoms with Gasteiger partial charge < -0.3 is 11.1 Å². The third-order valence-electron chi connectivity index (χ3n) is 3.98. The Morgan fingerprint density at radius 3 is 2.60 bits per heavy atom. The molecule has 0 bridgehead atoms. The van der Waals surface area contributed by atoms with E-state index in [1.54, 1.807) is 0 Å². The number of fused-ring (bicyclic) bond motifs is 1. The molecule has 1 amide bonds. The number of primary amides is 1. The maximum absolute atomic E-state index is 11.2. The van der Waals surface area contributed by atoms with Crippen LogP contribution in [0.25, 0.3) is 10.8 Å². The maximum atomic E-state index is 11.2. The molecule has 1 heterocycles. The van der Waals surface area contributed by atoms with Gasteiger partial charge in [-0.1, -0.05) is 24.3 Å². The van der Waals surface area contributed by atoms with Crippen LogP contribution in [0.15, 0.2) is 36.4 Å². The highest BCUT2D eigenvalue weighted by Crippen LogP contribution is 2.31. The van der Waals surface area contributed by atoms with Crippen LogP contribution in [0.2, 0.25) is 0 Å². The molecule has 1 aliphatic heterocycles. The van der Waals surface area contributed by atoms with E-state index in [-0.39, 0.29) is 18.3 Å². The van der Waals surface area contributed by atoms with Crippen molar-refractivity contribution in [3.8, 4) is 0 Å². The second kappa shape index (κ2) is 6.25. The highest BCUT2D eigenvalue weighted by molar-refractivity contribution is 5.98. The molecule has 0 radical (unpaired) electrons. The Hall–Kier alpha value is -1.58. The number of hydrogen-bond donors (Lipinski definition) is 2. The van der Waals surface area contributed by atoms with Gasteiger partial charge >= 0.3 is 0 Å². The predicted octanol–water partition coefficient (Wildman–Crippen LogP) is 2.83.